The fraction of sp³-hybridized carbons (Fsp3) is 0.667. The highest BCUT2D eigenvalue weighted by atomic mass is 32.1. The van der Waals surface area contributed by atoms with E-state index >= 15 is 0 Å². The first-order valence-electron chi connectivity index (χ1n) is 6.20. The minimum atomic E-state index is -0.336. The number of anilines is 1. The molecule has 7 heteroatoms. The summed E-state index contributed by atoms with van der Waals surface area (Å²) in [4.78, 5) is 18.6. The maximum atomic E-state index is 11.5. The van der Waals surface area contributed by atoms with Crippen molar-refractivity contribution in [2.24, 2.45) is 0 Å². The largest absolute Gasteiger partial charge is 0.465 e. The molecule has 2 rings (SSSR count). The molecule has 0 bridgehead atoms. The van der Waals surface area contributed by atoms with Crippen LogP contribution in [0.4, 0.5) is 5.13 Å². The van der Waals surface area contributed by atoms with Gasteiger partial charge < -0.3 is 19.7 Å². The molecule has 6 nitrogen and oxygen atoms in total. The van der Waals surface area contributed by atoms with Crippen LogP contribution in [-0.4, -0.2) is 62.4 Å². The van der Waals surface area contributed by atoms with Gasteiger partial charge in [0.05, 0.1) is 25.5 Å². The number of hydrogen-bond acceptors (Lipinski definition) is 7. The van der Waals surface area contributed by atoms with Crippen LogP contribution in [0.25, 0.3) is 0 Å². The van der Waals surface area contributed by atoms with Crippen LogP contribution in [-0.2, 0) is 9.47 Å². The quantitative estimate of drug-likeness (QED) is 0.832. The topological polar surface area (TPSA) is 63.7 Å². The number of morpholine rings is 1. The molecular formula is C12H19N3O3S. The minimum Gasteiger partial charge on any atom is -0.465 e. The summed E-state index contributed by atoms with van der Waals surface area (Å²) in [5.74, 6) is -0.336. The second-order valence-electron chi connectivity index (χ2n) is 4.56. The van der Waals surface area contributed by atoms with Crippen molar-refractivity contribution in [2.75, 3.05) is 45.7 Å². The van der Waals surface area contributed by atoms with Crippen molar-refractivity contribution < 1.29 is 14.3 Å². The molecule has 1 aliphatic heterocycles. The average molecular weight is 285 g/mol. The highest BCUT2D eigenvalue weighted by molar-refractivity contribution is 7.17. The zero-order valence-electron chi connectivity index (χ0n) is 11.4. The number of ether oxygens (including phenoxy) is 2. The first kappa shape index (κ1) is 14.2. The molecule has 0 saturated carbocycles. The van der Waals surface area contributed by atoms with E-state index in [4.69, 9.17) is 9.47 Å². The Balaban J connectivity index is 1.91. The normalized spacial score (nSPS) is 20.3. The molecule has 0 radical (unpaired) electrons. The van der Waals surface area contributed by atoms with E-state index in [1.165, 1.54) is 18.4 Å². The van der Waals surface area contributed by atoms with Crippen LogP contribution in [0.15, 0.2) is 0 Å². The molecule has 0 aliphatic carbocycles. The Bertz CT molecular complexity index is 449. The van der Waals surface area contributed by atoms with E-state index in [-0.39, 0.29) is 12.1 Å². The zero-order chi connectivity index (χ0) is 13.8. The second-order valence-corrected chi connectivity index (χ2v) is 5.56. The van der Waals surface area contributed by atoms with Crippen molar-refractivity contribution in [3.8, 4) is 0 Å². The third kappa shape index (κ3) is 3.65. The van der Waals surface area contributed by atoms with Crippen LogP contribution in [0.5, 0.6) is 0 Å². The van der Waals surface area contributed by atoms with E-state index in [1.807, 2.05) is 0 Å². The fourth-order valence-electron chi connectivity index (χ4n) is 1.95. The van der Waals surface area contributed by atoms with Gasteiger partial charge in [0, 0.05) is 19.6 Å². The predicted molar refractivity (Wildman–Crippen MR) is 73.9 cm³/mol. The third-order valence-corrected chi connectivity index (χ3v) is 4.09. The maximum Gasteiger partial charge on any atom is 0.350 e. The van der Waals surface area contributed by atoms with Gasteiger partial charge in [-0.1, -0.05) is 11.3 Å². The Labute approximate surface area is 116 Å². The van der Waals surface area contributed by atoms with Crippen molar-refractivity contribution in [3.05, 3.63) is 10.6 Å². The molecule has 2 heterocycles. The minimum absolute atomic E-state index is 0.157. The molecule has 1 aromatic rings. The van der Waals surface area contributed by atoms with Gasteiger partial charge >= 0.3 is 5.97 Å². The zero-order valence-corrected chi connectivity index (χ0v) is 12.2. The lowest BCUT2D eigenvalue weighted by Crippen LogP contribution is -2.43. The number of nitrogens with one attached hydrogen (secondary N) is 1. The highest BCUT2D eigenvalue weighted by Gasteiger charge is 2.19. The Morgan fingerprint density at radius 1 is 1.68 bits per heavy atom. The van der Waals surface area contributed by atoms with Crippen LogP contribution in [0.3, 0.4) is 0 Å². The summed E-state index contributed by atoms with van der Waals surface area (Å²) in [6, 6.07) is 0. The van der Waals surface area contributed by atoms with Crippen LogP contribution < -0.4 is 5.32 Å². The molecular weight excluding hydrogens is 266 g/mol. The molecule has 1 unspecified atom stereocenters. The van der Waals surface area contributed by atoms with Crippen LogP contribution in [0.1, 0.15) is 15.4 Å². The summed E-state index contributed by atoms with van der Waals surface area (Å²) >= 11 is 1.32. The number of nitrogens with zero attached hydrogens (tertiary/aromatic N) is 2. The fourth-order valence-corrected chi connectivity index (χ4v) is 2.84. The van der Waals surface area contributed by atoms with Crippen molar-refractivity contribution in [2.45, 2.75) is 13.0 Å². The van der Waals surface area contributed by atoms with Gasteiger partial charge in [0.15, 0.2) is 5.13 Å². The lowest BCUT2D eigenvalue weighted by Gasteiger charge is -2.29. The van der Waals surface area contributed by atoms with Crippen LogP contribution in [0.2, 0.25) is 0 Å². The smallest absolute Gasteiger partial charge is 0.350 e. The standard InChI is InChI=1S/C12H19N3O3S/c1-8-10(11(16)17-3)19-12(14-8)13-6-9-7-15(2)4-5-18-9/h9H,4-7H2,1-3H3,(H,13,14). The molecule has 0 spiro atoms. The first-order valence-corrected chi connectivity index (χ1v) is 7.01. The monoisotopic (exact) mass is 285 g/mol. The number of carbonyl (C=O) groups excluding carboxylic acids is 1. The number of esters is 1. The molecule has 19 heavy (non-hydrogen) atoms. The second kappa shape index (κ2) is 6.31. The molecule has 1 aromatic heterocycles. The molecule has 0 aromatic carbocycles. The predicted octanol–water partition coefficient (Wildman–Crippen LogP) is 0.981. The van der Waals surface area contributed by atoms with Gasteiger partial charge in [-0.25, -0.2) is 9.78 Å². The van der Waals surface area contributed by atoms with Gasteiger partial charge in [-0.15, -0.1) is 0 Å². The molecule has 1 fully saturated rings. The number of likely N-dealkylation sites (N-methyl/N-ethyl adjacent to an activating group) is 1. The average Bonchev–Trinajstić information content (AvgIpc) is 2.77. The summed E-state index contributed by atoms with van der Waals surface area (Å²) in [5, 5.41) is 3.95. The van der Waals surface area contributed by atoms with Gasteiger partial charge in [-0.3, -0.25) is 0 Å². The van der Waals surface area contributed by atoms with Crippen molar-refractivity contribution in [1.82, 2.24) is 9.88 Å². The number of aryl methyl sites for hydroxylation is 1. The Morgan fingerprint density at radius 3 is 3.16 bits per heavy atom. The van der Waals surface area contributed by atoms with Crippen LogP contribution >= 0.6 is 11.3 Å². The van der Waals surface area contributed by atoms with E-state index in [2.05, 4.69) is 22.2 Å². The molecule has 1 atom stereocenters. The SMILES string of the molecule is COC(=O)c1sc(NCC2CN(C)CCO2)nc1C. The molecule has 1 saturated heterocycles. The molecule has 1 N–H and O–H groups in total. The van der Waals surface area contributed by atoms with Gasteiger partial charge in [0.2, 0.25) is 0 Å². The van der Waals surface area contributed by atoms with Gasteiger partial charge in [-0.05, 0) is 14.0 Å². The van der Waals surface area contributed by atoms with E-state index in [9.17, 15) is 4.79 Å². The Morgan fingerprint density at radius 2 is 2.47 bits per heavy atom. The number of thiazole rings is 1. The summed E-state index contributed by atoms with van der Waals surface area (Å²) < 4.78 is 10.4. The molecule has 0 amide bonds. The maximum absolute atomic E-state index is 11.5. The lowest BCUT2D eigenvalue weighted by atomic mass is 10.3. The summed E-state index contributed by atoms with van der Waals surface area (Å²) in [6.45, 7) is 5.13. The van der Waals surface area contributed by atoms with Crippen molar-refractivity contribution >= 4 is 22.4 Å². The van der Waals surface area contributed by atoms with E-state index < -0.39 is 0 Å². The Hall–Kier alpha value is -1.18. The molecule has 106 valence electrons. The van der Waals surface area contributed by atoms with Crippen molar-refractivity contribution in [3.63, 3.8) is 0 Å². The number of rotatable bonds is 4. The first-order chi connectivity index (χ1) is 9.10. The van der Waals surface area contributed by atoms with E-state index in [0.29, 0.717) is 17.1 Å². The molecule has 1 aliphatic rings. The van der Waals surface area contributed by atoms with Crippen LogP contribution in [0, 0.1) is 6.92 Å². The number of methoxy groups -OCH3 is 1. The summed E-state index contributed by atoms with van der Waals surface area (Å²) in [6.07, 6.45) is 0.157. The van der Waals surface area contributed by atoms with Gasteiger partial charge in [-0.2, -0.15) is 0 Å². The lowest BCUT2D eigenvalue weighted by molar-refractivity contribution is -0.0117. The third-order valence-electron chi connectivity index (χ3n) is 2.99. The van der Waals surface area contributed by atoms with E-state index in [0.717, 1.165) is 24.8 Å². The number of carbonyl (C=O) groups is 1. The number of aromatic nitrogens is 1. The van der Waals surface area contributed by atoms with Crippen molar-refractivity contribution in [1.29, 1.82) is 0 Å². The van der Waals surface area contributed by atoms with Gasteiger partial charge in [0.25, 0.3) is 0 Å². The van der Waals surface area contributed by atoms with E-state index in [1.54, 1.807) is 6.92 Å². The summed E-state index contributed by atoms with van der Waals surface area (Å²) in [5.41, 5.74) is 0.695. The summed E-state index contributed by atoms with van der Waals surface area (Å²) in [7, 11) is 3.46. The highest BCUT2D eigenvalue weighted by Crippen LogP contribution is 2.23. The number of hydrogen-bond donors (Lipinski definition) is 1. The Kier molecular flexibility index (Phi) is 4.73. The van der Waals surface area contributed by atoms with Gasteiger partial charge in [0.1, 0.15) is 4.88 Å².